The second-order valence-corrected chi connectivity index (χ2v) is 6.37. The van der Waals surface area contributed by atoms with E-state index in [0.717, 1.165) is 10.5 Å². The highest BCUT2D eigenvalue weighted by atomic mass is 35.5. The van der Waals surface area contributed by atoms with Crippen LogP contribution in [-0.4, -0.2) is 11.9 Å². The summed E-state index contributed by atoms with van der Waals surface area (Å²) in [6.45, 7) is 4.24. The molecule has 1 N–H and O–H groups in total. The molecule has 1 aliphatic rings. The molecule has 24 heavy (non-hydrogen) atoms. The number of benzene rings is 2. The van der Waals surface area contributed by atoms with Crippen LogP contribution in [0.5, 0.6) is 0 Å². The average molecular weight is 341 g/mol. The van der Waals surface area contributed by atoms with Gasteiger partial charge in [-0.15, -0.1) is 0 Å². The number of imide groups is 1. The summed E-state index contributed by atoms with van der Waals surface area (Å²) >= 11 is 5.94. The van der Waals surface area contributed by atoms with Gasteiger partial charge in [-0.05, 0) is 41.3 Å². The summed E-state index contributed by atoms with van der Waals surface area (Å²) in [5, 5.41) is 3.08. The van der Waals surface area contributed by atoms with Gasteiger partial charge in [0, 0.05) is 5.02 Å². The average Bonchev–Trinajstić information content (AvgIpc) is 2.82. The second kappa shape index (κ2) is 6.49. The van der Waals surface area contributed by atoms with Gasteiger partial charge in [0.25, 0.3) is 5.91 Å². The van der Waals surface area contributed by atoms with E-state index >= 15 is 0 Å². The molecule has 122 valence electrons. The van der Waals surface area contributed by atoms with Gasteiger partial charge < -0.3 is 5.32 Å². The number of urea groups is 1. The predicted octanol–water partition coefficient (Wildman–Crippen LogP) is 4.56. The van der Waals surface area contributed by atoms with Crippen LogP contribution in [0.1, 0.15) is 30.9 Å². The van der Waals surface area contributed by atoms with Gasteiger partial charge >= 0.3 is 6.03 Å². The van der Waals surface area contributed by atoms with Crippen LogP contribution >= 0.6 is 11.6 Å². The van der Waals surface area contributed by atoms with E-state index in [2.05, 4.69) is 19.2 Å². The fourth-order valence-corrected chi connectivity index (χ4v) is 2.71. The molecule has 3 amide bonds. The fourth-order valence-electron chi connectivity index (χ4n) is 2.53. The van der Waals surface area contributed by atoms with E-state index in [1.807, 2.05) is 24.3 Å². The van der Waals surface area contributed by atoms with E-state index < -0.39 is 11.9 Å². The SMILES string of the molecule is CC(C)c1ccc(/C=C2/NC(=O)N(c3cccc(Cl)c3)C2=O)cc1. The fraction of sp³-hybridized carbons (Fsp3) is 0.158. The summed E-state index contributed by atoms with van der Waals surface area (Å²) < 4.78 is 0. The zero-order chi connectivity index (χ0) is 17.3. The molecule has 1 heterocycles. The van der Waals surface area contributed by atoms with E-state index in [9.17, 15) is 9.59 Å². The Balaban J connectivity index is 1.88. The Bertz CT molecular complexity index is 826. The molecule has 0 saturated carbocycles. The van der Waals surface area contributed by atoms with Crippen molar-refractivity contribution < 1.29 is 9.59 Å². The second-order valence-electron chi connectivity index (χ2n) is 5.93. The highest BCUT2D eigenvalue weighted by Crippen LogP contribution is 2.25. The minimum atomic E-state index is -0.479. The lowest BCUT2D eigenvalue weighted by Gasteiger charge is -2.11. The van der Waals surface area contributed by atoms with Crippen molar-refractivity contribution in [3.63, 3.8) is 0 Å². The lowest BCUT2D eigenvalue weighted by molar-refractivity contribution is -0.113. The van der Waals surface area contributed by atoms with Crippen LogP contribution in [0.2, 0.25) is 5.02 Å². The highest BCUT2D eigenvalue weighted by molar-refractivity contribution is 6.32. The monoisotopic (exact) mass is 340 g/mol. The van der Waals surface area contributed by atoms with Crippen molar-refractivity contribution in [2.45, 2.75) is 19.8 Å². The van der Waals surface area contributed by atoms with Crippen molar-refractivity contribution in [3.05, 3.63) is 70.4 Å². The Kier molecular flexibility index (Phi) is 4.40. The summed E-state index contributed by atoms with van der Waals surface area (Å²) in [4.78, 5) is 25.8. The number of nitrogens with one attached hydrogen (secondary N) is 1. The van der Waals surface area contributed by atoms with Crippen molar-refractivity contribution in [3.8, 4) is 0 Å². The molecule has 0 radical (unpaired) electrons. The maximum Gasteiger partial charge on any atom is 0.333 e. The van der Waals surface area contributed by atoms with E-state index in [-0.39, 0.29) is 5.70 Å². The van der Waals surface area contributed by atoms with Crippen LogP contribution in [0.15, 0.2) is 54.2 Å². The summed E-state index contributed by atoms with van der Waals surface area (Å²) in [5.74, 6) is 0.0491. The zero-order valence-electron chi connectivity index (χ0n) is 13.4. The Morgan fingerprint density at radius 2 is 1.79 bits per heavy atom. The first-order chi connectivity index (χ1) is 11.5. The van der Waals surface area contributed by atoms with Crippen molar-refractivity contribution in [2.24, 2.45) is 0 Å². The lowest BCUT2D eigenvalue weighted by Crippen LogP contribution is -2.30. The molecular formula is C19H17ClN2O2. The van der Waals surface area contributed by atoms with Gasteiger partial charge in [0.2, 0.25) is 0 Å². The maximum absolute atomic E-state index is 12.5. The molecule has 2 aromatic carbocycles. The van der Waals surface area contributed by atoms with Gasteiger partial charge in [-0.25, -0.2) is 9.69 Å². The van der Waals surface area contributed by atoms with Crippen molar-refractivity contribution in [1.29, 1.82) is 0 Å². The number of hydrogen-bond acceptors (Lipinski definition) is 2. The number of rotatable bonds is 3. The summed E-state index contributed by atoms with van der Waals surface area (Å²) in [6.07, 6.45) is 1.68. The third kappa shape index (κ3) is 3.19. The summed E-state index contributed by atoms with van der Waals surface area (Å²) in [6, 6.07) is 14.1. The minimum absolute atomic E-state index is 0.247. The van der Waals surface area contributed by atoms with Crippen LogP contribution in [0.4, 0.5) is 10.5 Å². The molecule has 5 heteroatoms. The topological polar surface area (TPSA) is 49.4 Å². The molecular weight excluding hydrogens is 324 g/mol. The van der Waals surface area contributed by atoms with E-state index in [1.54, 1.807) is 30.3 Å². The smallest absolute Gasteiger partial charge is 0.302 e. The first-order valence-corrected chi connectivity index (χ1v) is 8.06. The molecule has 1 saturated heterocycles. The molecule has 0 aliphatic carbocycles. The van der Waals surface area contributed by atoms with Crippen molar-refractivity contribution in [1.82, 2.24) is 5.32 Å². The highest BCUT2D eigenvalue weighted by Gasteiger charge is 2.34. The molecule has 3 rings (SSSR count). The Hall–Kier alpha value is -2.59. The predicted molar refractivity (Wildman–Crippen MR) is 96.0 cm³/mol. The van der Waals surface area contributed by atoms with Crippen LogP contribution < -0.4 is 10.2 Å². The van der Waals surface area contributed by atoms with Gasteiger partial charge in [0.15, 0.2) is 0 Å². The summed E-state index contributed by atoms with van der Waals surface area (Å²) in [5.41, 5.74) is 2.77. The zero-order valence-corrected chi connectivity index (χ0v) is 14.2. The third-order valence-corrected chi connectivity index (χ3v) is 4.09. The number of nitrogens with zero attached hydrogens (tertiary/aromatic N) is 1. The van der Waals surface area contributed by atoms with E-state index in [1.165, 1.54) is 5.56 Å². The molecule has 1 fully saturated rings. The Morgan fingerprint density at radius 3 is 2.42 bits per heavy atom. The Labute approximate surface area is 145 Å². The molecule has 2 aromatic rings. The Morgan fingerprint density at radius 1 is 1.08 bits per heavy atom. The molecule has 0 unspecified atom stereocenters. The van der Waals surface area contributed by atoms with Gasteiger partial charge in [0.05, 0.1) is 5.69 Å². The van der Waals surface area contributed by atoms with Gasteiger partial charge in [-0.3, -0.25) is 4.79 Å². The van der Waals surface area contributed by atoms with Crippen LogP contribution in [0.25, 0.3) is 6.08 Å². The normalized spacial score (nSPS) is 16.2. The van der Waals surface area contributed by atoms with Crippen LogP contribution in [0.3, 0.4) is 0 Å². The minimum Gasteiger partial charge on any atom is -0.302 e. The van der Waals surface area contributed by atoms with Crippen LogP contribution in [-0.2, 0) is 4.79 Å². The first-order valence-electron chi connectivity index (χ1n) is 7.68. The van der Waals surface area contributed by atoms with E-state index in [0.29, 0.717) is 16.6 Å². The standard InChI is InChI=1S/C19H17ClN2O2/c1-12(2)14-8-6-13(7-9-14)10-17-18(23)22(19(24)21-17)16-5-3-4-15(20)11-16/h3-12H,1-2H3,(H,21,24)/b17-10+. The largest absolute Gasteiger partial charge is 0.333 e. The molecule has 0 atom stereocenters. The van der Waals surface area contributed by atoms with E-state index in [4.69, 9.17) is 11.6 Å². The third-order valence-electron chi connectivity index (χ3n) is 3.86. The number of amides is 3. The molecule has 4 nitrogen and oxygen atoms in total. The summed E-state index contributed by atoms with van der Waals surface area (Å²) in [7, 11) is 0. The molecule has 1 aliphatic heterocycles. The van der Waals surface area contributed by atoms with Crippen molar-refractivity contribution in [2.75, 3.05) is 4.90 Å². The van der Waals surface area contributed by atoms with Crippen LogP contribution in [0, 0.1) is 0 Å². The lowest BCUT2D eigenvalue weighted by atomic mass is 10.0. The number of carbonyl (C=O) groups is 2. The molecule has 0 aromatic heterocycles. The van der Waals surface area contributed by atoms with Crippen molar-refractivity contribution >= 4 is 35.3 Å². The maximum atomic E-state index is 12.5. The number of anilines is 1. The number of hydrogen-bond donors (Lipinski definition) is 1. The number of halogens is 1. The van der Waals surface area contributed by atoms with Gasteiger partial charge in [-0.2, -0.15) is 0 Å². The van der Waals surface area contributed by atoms with Gasteiger partial charge in [-0.1, -0.05) is 55.8 Å². The number of carbonyl (C=O) groups excluding carboxylic acids is 2. The molecule has 0 spiro atoms. The molecule has 0 bridgehead atoms. The quantitative estimate of drug-likeness (QED) is 0.657. The first kappa shape index (κ1) is 16.3. The van der Waals surface area contributed by atoms with Gasteiger partial charge in [0.1, 0.15) is 5.70 Å².